The molecule has 0 spiro atoms. The summed E-state index contributed by atoms with van der Waals surface area (Å²) in [7, 11) is 2.02. The van der Waals surface area contributed by atoms with E-state index in [1.54, 1.807) is 0 Å². The minimum Gasteiger partial charge on any atom is -0.491 e. The van der Waals surface area contributed by atoms with Crippen LogP contribution in [0.4, 0.5) is 17.1 Å². The first-order valence-corrected chi connectivity index (χ1v) is 6.42. The predicted octanol–water partition coefficient (Wildman–Crippen LogP) is 3.82. The molecule has 0 aliphatic heterocycles. The molecule has 3 nitrogen and oxygen atoms in total. The molecule has 2 rings (SSSR count). The van der Waals surface area contributed by atoms with Crippen molar-refractivity contribution in [2.75, 3.05) is 17.7 Å². The fraction of sp³-hybridized carbons (Fsp3) is 0.250. The number of nitrogen functional groups attached to an aromatic ring is 1. The molecule has 0 radical (unpaired) electrons. The van der Waals surface area contributed by atoms with E-state index < -0.39 is 0 Å². The molecule has 2 aromatic carbocycles. The van der Waals surface area contributed by atoms with Crippen molar-refractivity contribution in [3.05, 3.63) is 48.5 Å². The van der Waals surface area contributed by atoms with E-state index in [0.29, 0.717) is 0 Å². The second kappa shape index (κ2) is 5.65. The van der Waals surface area contributed by atoms with Crippen molar-refractivity contribution in [3.8, 4) is 5.75 Å². The number of anilines is 3. The molecule has 0 aliphatic rings. The standard InChI is InChI=1S/C16H20N2O/c1-12(2)19-16-9-7-14(8-10-16)18(3)15-6-4-5-13(17)11-15/h4-12H,17H2,1-3H3. The molecule has 0 aromatic heterocycles. The van der Waals surface area contributed by atoms with Gasteiger partial charge in [0.05, 0.1) is 6.10 Å². The molecular weight excluding hydrogens is 236 g/mol. The van der Waals surface area contributed by atoms with Crippen LogP contribution in [0.25, 0.3) is 0 Å². The van der Waals surface area contributed by atoms with Crippen LogP contribution in [0.3, 0.4) is 0 Å². The zero-order valence-electron chi connectivity index (χ0n) is 11.6. The average Bonchev–Trinajstić information content (AvgIpc) is 2.38. The van der Waals surface area contributed by atoms with Crippen LogP contribution in [0, 0.1) is 0 Å². The molecule has 0 saturated carbocycles. The van der Waals surface area contributed by atoms with Gasteiger partial charge in [-0.3, -0.25) is 0 Å². The van der Waals surface area contributed by atoms with Crippen LogP contribution in [-0.4, -0.2) is 13.2 Å². The molecule has 0 unspecified atom stereocenters. The van der Waals surface area contributed by atoms with E-state index in [4.69, 9.17) is 10.5 Å². The van der Waals surface area contributed by atoms with E-state index in [0.717, 1.165) is 22.8 Å². The van der Waals surface area contributed by atoms with E-state index in [2.05, 4.69) is 4.90 Å². The summed E-state index contributed by atoms with van der Waals surface area (Å²) in [6.07, 6.45) is 0.192. The Balaban J connectivity index is 2.17. The number of nitrogens with zero attached hydrogens (tertiary/aromatic N) is 1. The van der Waals surface area contributed by atoms with E-state index in [-0.39, 0.29) is 6.10 Å². The molecule has 0 saturated heterocycles. The maximum atomic E-state index is 5.81. The molecule has 0 bridgehead atoms. The Morgan fingerprint density at radius 1 is 1.00 bits per heavy atom. The first kappa shape index (κ1) is 13.3. The second-order valence-corrected chi connectivity index (χ2v) is 4.81. The van der Waals surface area contributed by atoms with Gasteiger partial charge in [0.2, 0.25) is 0 Å². The quantitative estimate of drug-likeness (QED) is 0.845. The van der Waals surface area contributed by atoms with Gasteiger partial charge >= 0.3 is 0 Å². The number of benzene rings is 2. The van der Waals surface area contributed by atoms with Gasteiger partial charge in [-0.2, -0.15) is 0 Å². The SMILES string of the molecule is CC(C)Oc1ccc(N(C)c2cccc(N)c2)cc1. The molecule has 0 heterocycles. The smallest absolute Gasteiger partial charge is 0.119 e. The number of nitrogens with two attached hydrogens (primary N) is 1. The minimum absolute atomic E-state index is 0.192. The number of ether oxygens (including phenoxy) is 1. The summed E-state index contributed by atoms with van der Waals surface area (Å²) in [6, 6.07) is 15.9. The molecular formula is C16H20N2O. The third kappa shape index (κ3) is 3.41. The topological polar surface area (TPSA) is 38.5 Å². The molecule has 0 fully saturated rings. The van der Waals surface area contributed by atoms with Crippen molar-refractivity contribution in [2.24, 2.45) is 0 Å². The Morgan fingerprint density at radius 2 is 1.68 bits per heavy atom. The fourth-order valence-electron chi connectivity index (χ4n) is 1.90. The summed E-state index contributed by atoms with van der Waals surface area (Å²) in [5.41, 5.74) is 8.74. The second-order valence-electron chi connectivity index (χ2n) is 4.81. The first-order chi connectivity index (χ1) is 9.06. The lowest BCUT2D eigenvalue weighted by Gasteiger charge is -2.20. The molecule has 0 atom stereocenters. The molecule has 3 heteroatoms. The lowest BCUT2D eigenvalue weighted by atomic mass is 10.2. The van der Waals surface area contributed by atoms with Crippen LogP contribution >= 0.6 is 0 Å². The van der Waals surface area contributed by atoms with Crippen LogP contribution in [0.1, 0.15) is 13.8 Å². The van der Waals surface area contributed by atoms with Crippen LogP contribution in [0.2, 0.25) is 0 Å². The van der Waals surface area contributed by atoms with E-state index in [1.165, 1.54) is 0 Å². The van der Waals surface area contributed by atoms with Crippen molar-refractivity contribution in [1.82, 2.24) is 0 Å². The van der Waals surface area contributed by atoms with E-state index in [9.17, 15) is 0 Å². The summed E-state index contributed by atoms with van der Waals surface area (Å²) < 4.78 is 5.64. The Hall–Kier alpha value is -2.16. The zero-order valence-corrected chi connectivity index (χ0v) is 11.6. The van der Waals surface area contributed by atoms with Gasteiger partial charge < -0.3 is 15.4 Å². The van der Waals surface area contributed by atoms with Gasteiger partial charge in [-0.15, -0.1) is 0 Å². The van der Waals surface area contributed by atoms with Gasteiger partial charge in [-0.05, 0) is 56.3 Å². The van der Waals surface area contributed by atoms with Gasteiger partial charge in [0, 0.05) is 24.1 Å². The van der Waals surface area contributed by atoms with Crippen molar-refractivity contribution in [1.29, 1.82) is 0 Å². The monoisotopic (exact) mass is 256 g/mol. The highest BCUT2D eigenvalue weighted by Gasteiger charge is 2.05. The van der Waals surface area contributed by atoms with Crippen LogP contribution in [-0.2, 0) is 0 Å². The highest BCUT2D eigenvalue weighted by atomic mass is 16.5. The normalized spacial score (nSPS) is 10.5. The predicted molar refractivity (Wildman–Crippen MR) is 81.1 cm³/mol. The van der Waals surface area contributed by atoms with Crippen molar-refractivity contribution in [3.63, 3.8) is 0 Å². The Bertz CT molecular complexity index is 535. The lowest BCUT2D eigenvalue weighted by molar-refractivity contribution is 0.242. The maximum Gasteiger partial charge on any atom is 0.119 e. The minimum atomic E-state index is 0.192. The fourth-order valence-corrected chi connectivity index (χ4v) is 1.90. The molecule has 0 amide bonds. The highest BCUT2D eigenvalue weighted by molar-refractivity contribution is 5.66. The van der Waals surface area contributed by atoms with Crippen LogP contribution in [0.5, 0.6) is 5.75 Å². The summed E-state index contributed by atoms with van der Waals surface area (Å²) in [6.45, 7) is 4.04. The Kier molecular flexibility index (Phi) is 3.95. The van der Waals surface area contributed by atoms with Gasteiger partial charge in [0.25, 0.3) is 0 Å². The molecule has 0 aliphatic carbocycles. The Morgan fingerprint density at radius 3 is 2.26 bits per heavy atom. The molecule has 2 aromatic rings. The third-order valence-corrected chi connectivity index (χ3v) is 2.85. The third-order valence-electron chi connectivity index (χ3n) is 2.85. The molecule has 100 valence electrons. The van der Waals surface area contributed by atoms with Crippen molar-refractivity contribution < 1.29 is 4.74 Å². The highest BCUT2D eigenvalue weighted by Crippen LogP contribution is 2.26. The zero-order chi connectivity index (χ0) is 13.8. The van der Waals surface area contributed by atoms with Gasteiger partial charge in [-0.25, -0.2) is 0 Å². The Labute approximate surface area is 114 Å². The largest absolute Gasteiger partial charge is 0.491 e. The average molecular weight is 256 g/mol. The van der Waals surface area contributed by atoms with E-state index >= 15 is 0 Å². The van der Waals surface area contributed by atoms with Crippen LogP contribution < -0.4 is 15.4 Å². The molecule has 2 N–H and O–H groups in total. The number of hydrogen-bond donors (Lipinski definition) is 1. The van der Waals surface area contributed by atoms with Crippen LogP contribution in [0.15, 0.2) is 48.5 Å². The summed E-state index contributed by atoms with van der Waals surface area (Å²) in [4.78, 5) is 2.09. The van der Waals surface area contributed by atoms with Crippen molar-refractivity contribution in [2.45, 2.75) is 20.0 Å². The molecule has 19 heavy (non-hydrogen) atoms. The van der Waals surface area contributed by atoms with Gasteiger partial charge in [0.1, 0.15) is 5.75 Å². The number of hydrogen-bond acceptors (Lipinski definition) is 3. The summed E-state index contributed by atoms with van der Waals surface area (Å²) >= 11 is 0. The maximum absolute atomic E-state index is 5.81. The first-order valence-electron chi connectivity index (χ1n) is 6.42. The summed E-state index contributed by atoms with van der Waals surface area (Å²) in [5, 5.41) is 0. The lowest BCUT2D eigenvalue weighted by Crippen LogP contribution is -2.10. The van der Waals surface area contributed by atoms with Gasteiger partial charge in [0.15, 0.2) is 0 Å². The van der Waals surface area contributed by atoms with Crippen molar-refractivity contribution >= 4 is 17.1 Å². The summed E-state index contributed by atoms with van der Waals surface area (Å²) in [5.74, 6) is 0.889. The van der Waals surface area contributed by atoms with E-state index in [1.807, 2.05) is 69.4 Å². The number of rotatable bonds is 4. The van der Waals surface area contributed by atoms with Gasteiger partial charge in [-0.1, -0.05) is 6.07 Å².